The molecule has 5 heteroatoms. The number of nitrogens with zero attached hydrogens (tertiary/aromatic N) is 1. The lowest BCUT2D eigenvalue weighted by molar-refractivity contribution is 0.0485. The number of ether oxygens (including phenoxy) is 2. The molecule has 17 heavy (non-hydrogen) atoms. The largest absolute Gasteiger partial charge is 0.388 e. The highest BCUT2D eigenvalue weighted by Crippen LogP contribution is 2.16. The average molecular weight is 243 g/mol. The minimum absolute atomic E-state index is 0.263. The van der Waals surface area contributed by atoms with Gasteiger partial charge in [-0.1, -0.05) is 0 Å². The molecular formula is C12H25N3O2. The fourth-order valence-corrected chi connectivity index (χ4v) is 2.09. The highest BCUT2D eigenvalue weighted by molar-refractivity contribution is 5.76. The molecule has 0 aromatic rings. The molecule has 1 saturated heterocycles. The fraction of sp³-hybridized carbons (Fsp3) is 0.917. The molecule has 1 fully saturated rings. The molecule has 1 rings (SSSR count). The van der Waals surface area contributed by atoms with Crippen molar-refractivity contribution in [1.29, 1.82) is 5.41 Å². The summed E-state index contributed by atoms with van der Waals surface area (Å²) in [5, 5.41) is 7.28. The van der Waals surface area contributed by atoms with Crippen LogP contribution in [0.15, 0.2) is 0 Å². The molecule has 0 aromatic heterocycles. The van der Waals surface area contributed by atoms with Crippen molar-refractivity contribution < 1.29 is 9.47 Å². The van der Waals surface area contributed by atoms with Crippen LogP contribution in [0, 0.1) is 11.3 Å². The Morgan fingerprint density at radius 1 is 1.41 bits per heavy atom. The summed E-state index contributed by atoms with van der Waals surface area (Å²) in [7, 11) is 1.72. The monoisotopic (exact) mass is 243 g/mol. The third kappa shape index (κ3) is 6.61. The normalized spacial score (nSPS) is 17.5. The summed E-state index contributed by atoms with van der Waals surface area (Å²) < 4.78 is 10.5. The summed E-state index contributed by atoms with van der Waals surface area (Å²) >= 11 is 0. The van der Waals surface area contributed by atoms with E-state index in [1.807, 2.05) is 0 Å². The fourth-order valence-electron chi connectivity index (χ4n) is 2.09. The Hall–Kier alpha value is -0.650. The molecule has 0 atom stereocenters. The quantitative estimate of drug-likeness (QED) is 0.486. The summed E-state index contributed by atoms with van der Waals surface area (Å²) in [4.78, 5) is 2.35. The zero-order valence-electron chi connectivity index (χ0n) is 10.8. The van der Waals surface area contributed by atoms with Crippen LogP contribution in [0.3, 0.4) is 0 Å². The number of hydrogen-bond donors (Lipinski definition) is 2. The van der Waals surface area contributed by atoms with Gasteiger partial charge in [0.1, 0.15) is 0 Å². The van der Waals surface area contributed by atoms with E-state index in [0.717, 1.165) is 52.3 Å². The molecule has 100 valence electrons. The Bertz CT molecular complexity index is 218. The molecule has 1 heterocycles. The van der Waals surface area contributed by atoms with E-state index in [-0.39, 0.29) is 5.84 Å². The van der Waals surface area contributed by atoms with Gasteiger partial charge in [0.25, 0.3) is 0 Å². The van der Waals surface area contributed by atoms with Gasteiger partial charge in [-0.3, -0.25) is 5.41 Å². The number of rotatable bonds is 8. The number of amidine groups is 1. The van der Waals surface area contributed by atoms with Crippen LogP contribution in [0.1, 0.15) is 19.3 Å². The first-order valence-electron chi connectivity index (χ1n) is 6.34. The Morgan fingerprint density at radius 3 is 2.71 bits per heavy atom. The molecule has 1 aliphatic rings. The molecule has 3 N–H and O–H groups in total. The lowest BCUT2D eigenvalue weighted by Crippen LogP contribution is -2.36. The molecule has 0 amide bonds. The van der Waals surface area contributed by atoms with Gasteiger partial charge < -0.3 is 20.1 Å². The third-order valence-corrected chi connectivity index (χ3v) is 3.17. The first-order valence-corrected chi connectivity index (χ1v) is 6.34. The van der Waals surface area contributed by atoms with Gasteiger partial charge in [-0.05, 0) is 18.8 Å². The molecular weight excluding hydrogens is 218 g/mol. The van der Waals surface area contributed by atoms with Crippen LogP contribution in [0.5, 0.6) is 0 Å². The molecule has 0 saturated carbocycles. The topological polar surface area (TPSA) is 71.6 Å². The third-order valence-electron chi connectivity index (χ3n) is 3.17. The van der Waals surface area contributed by atoms with E-state index < -0.39 is 0 Å². The van der Waals surface area contributed by atoms with Crippen molar-refractivity contribution in [2.45, 2.75) is 19.3 Å². The Labute approximate surface area is 104 Å². The van der Waals surface area contributed by atoms with Crippen LogP contribution in [0.4, 0.5) is 0 Å². The van der Waals surface area contributed by atoms with E-state index in [9.17, 15) is 0 Å². The van der Waals surface area contributed by atoms with Gasteiger partial charge in [0.05, 0.1) is 12.4 Å². The number of methoxy groups -OCH3 is 1. The van der Waals surface area contributed by atoms with Gasteiger partial charge in [-0.25, -0.2) is 0 Å². The van der Waals surface area contributed by atoms with Gasteiger partial charge in [0.15, 0.2) is 0 Å². The summed E-state index contributed by atoms with van der Waals surface area (Å²) in [5.74, 6) is 0.979. The van der Waals surface area contributed by atoms with Crippen LogP contribution in [-0.4, -0.2) is 57.3 Å². The molecule has 0 unspecified atom stereocenters. The van der Waals surface area contributed by atoms with E-state index >= 15 is 0 Å². The molecule has 0 aromatic carbocycles. The maximum absolute atomic E-state index is 7.28. The van der Waals surface area contributed by atoms with Crippen molar-refractivity contribution in [2.75, 3.05) is 46.6 Å². The molecule has 0 aliphatic carbocycles. The number of hydrogen-bond acceptors (Lipinski definition) is 4. The molecule has 1 aliphatic heterocycles. The SMILES string of the molecule is COCCN(CCC(=N)N)CC1CCOCC1. The van der Waals surface area contributed by atoms with E-state index in [1.165, 1.54) is 0 Å². The van der Waals surface area contributed by atoms with Crippen molar-refractivity contribution in [3.63, 3.8) is 0 Å². The first kappa shape index (κ1) is 14.4. The van der Waals surface area contributed by atoms with Crippen LogP contribution in [0.2, 0.25) is 0 Å². The lowest BCUT2D eigenvalue weighted by Gasteiger charge is -2.29. The molecule has 0 radical (unpaired) electrons. The van der Waals surface area contributed by atoms with Crippen molar-refractivity contribution >= 4 is 5.84 Å². The predicted octanol–water partition coefficient (Wildman–Crippen LogP) is 0.687. The maximum Gasteiger partial charge on any atom is 0.0918 e. The standard InChI is InChI=1S/C12H25N3O2/c1-16-9-6-15(5-2-12(13)14)10-11-3-7-17-8-4-11/h11H,2-10H2,1H3,(H3,13,14). The van der Waals surface area contributed by atoms with Gasteiger partial charge in [-0.15, -0.1) is 0 Å². The lowest BCUT2D eigenvalue weighted by atomic mass is 9.99. The van der Waals surface area contributed by atoms with Crippen molar-refractivity contribution in [2.24, 2.45) is 11.7 Å². The average Bonchev–Trinajstić information content (AvgIpc) is 2.34. The predicted molar refractivity (Wildman–Crippen MR) is 68.4 cm³/mol. The Morgan fingerprint density at radius 2 is 2.12 bits per heavy atom. The van der Waals surface area contributed by atoms with Gasteiger partial charge in [0.2, 0.25) is 0 Å². The van der Waals surface area contributed by atoms with Gasteiger partial charge in [-0.2, -0.15) is 0 Å². The molecule has 5 nitrogen and oxygen atoms in total. The summed E-state index contributed by atoms with van der Waals surface area (Å²) in [6.45, 7) is 5.35. The van der Waals surface area contributed by atoms with Crippen LogP contribution >= 0.6 is 0 Å². The van der Waals surface area contributed by atoms with Crippen molar-refractivity contribution in [3.05, 3.63) is 0 Å². The van der Waals surface area contributed by atoms with E-state index in [0.29, 0.717) is 12.3 Å². The highest BCUT2D eigenvalue weighted by Gasteiger charge is 2.17. The van der Waals surface area contributed by atoms with Gasteiger partial charge in [0, 0.05) is 46.4 Å². The van der Waals surface area contributed by atoms with Crippen LogP contribution in [-0.2, 0) is 9.47 Å². The number of nitrogens with one attached hydrogen (secondary N) is 1. The highest BCUT2D eigenvalue weighted by atomic mass is 16.5. The molecule has 0 spiro atoms. The summed E-state index contributed by atoms with van der Waals surface area (Å²) in [6, 6.07) is 0. The van der Waals surface area contributed by atoms with Crippen LogP contribution < -0.4 is 5.73 Å². The second kappa shape index (κ2) is 8.44. The minimum Gasteiger partial charge on any atom is -0.388 e. The van der Waals surface area contributed by atoms with Crippen molar-refractivity contribution in [3.8, 4) is 0 Å². The van der Waals surface area contributed by atoms with Crippen LogP contribution in [0.25, 0.3) is 0 Å². The summed E-state index contributed by atoms with van der Waals surface area (Å²) in [6.07, 6.45) is 2.93. The summed E-state index contributed by atoms with van der Waals surface area (Å²) in [5.41, 5.74) is 5.41. The minimum atomic E-state index is 0.263. The smallest absolute Gasteiger partial charge is 0.0918 e. The second-order valence-electron chi connectivity index (χ2n) is 4.62. The van der Waals surface area contributed by atoms with E-state index in [4.69, 9.17) is 20.6 Å². The number of nitrogens with two attached hydrogens (primary N) is 1. The first-order chi connectivity index (χ1) is 8.22. The maximum atomic E-state index is 7.28. The second-order valence-corrected chi connectivity index (χ2v) is 4.62. The zero-order chi connectivity index (χ0) is 12.5. The van der Waals surface area contributed by atoms with Crippen molar-refractivity contribution in [1.82, 2.24) is 4.90 Å². The van der Waals surface area contributed by atoms with E-state index in [2.05, 4.69) is 4.90 Å². The van der Waals surface area contributed by atoms with Gasteiger partial charge >= 0.3 is 0 Å². The Balaban J connectivity index is 2.29. The zero-order valence-corrected chi connectivity index (χ0v) is 10.8. The Kier molecular flexibility index (Phi) is 7.16. The van der Waals surface area contributed by atoms with E-state index in [1.54, 1.807) is 7.11 Å². The molecule has 0 bridgehead atoms.